The van der Waals surface area contributed by atoms with Crippen LogP contribution in [0.1, 0.15) is 32.1 Å². The van der Waals surface area contributed by atoms with Crippen LogP contribution >= 0.6 is 0 Å². The summed E-state index contributed by atoms with van der Waals surface area (Å²) in [6.45, 7) is 2.27. The van der Waals surface area contributed by atoms with Crippen LogP contribution in [0, 0.1) is 0 Å². The molecule has 2 fully saturated rings. The number of amides is 1. The highest BCUT2D eigenvalue weighted by Gasteiger charge is 2.33. The molecule has 1 heterocycles. The lowest BCUT2D eigenvalue weighted by Gasteiger charge is -2.32. The first-order valence-electron chi connectivity index (χ1n) is 6.06. The van der Waals surface area contributed by atoms with Crippen LogP contribution in [0.15, 0.2) is 0 Å². The molecule has 3 N–H and O–H groups in total. The van der Waals surface area contributed by atoms with Gasteiger partial charge in [-0.2, -0.15) is 0 Å². The van der Waals surface area contributed by atoms with E-state index in [0.29, 0.717) is 12.6 Å². The molecule has 0 spiro atoms. The Labute approximate surface area is 91.2 Å². The lowest BCUT2D eigenvalue weighted by atomic mass is 10.1. The average molecular weight is 211 g/mol. The summed E-state index contributed by atoms with van der Waals surface area (Å²) < 4.78 is 0. The molecule has 15 heavy (non-hydrogen) atoms. The Bertz CT molecular complexity index is 226. The van der Waals surface area contributed by atoms with E-state index in [1.54, 1.807) is 0 Å². The fourth-order valence-electron chi connectivity index (χ4n) is 2.81. The van der Waals surface area contributed by atoms with Crippen molar-refractivity contribution in [1.82, 2.24) is 10.2 Å². The molecule has 1 unspecified atom stereocenters. The predicted octanol–water partition coefficient (Wildman–Crippen LogP) is 0.0782. The van der Waals surface area contributed by atoms with Gasteiger partial charge in [0, 0.05) is 25.7 Å². The van der Waals surface area contributed by atoms with Crippen molar-refractivity contribution in [3.05, 3.63) is 0 Å². The van der Waals surface area contributed by atoms with Crippen LogP contribution in [0.5, 0.6) is 0 Å². The predicted molar refractivity (Wildman–Crippen MR) is 59.4 cm³/mol. The normalized spacial score (nSPS) is 30.2. The number of carbonyl (C=O) groups excluding carboxylic acids is 1. The second-order valence-electron chi connectivity index (χ2n) is 4.57. The number of carbonyl (C=O) groups is 1. The third kappa shape index (κ3) is 2.32. The molecule has 0 radical (unpaired) electrons. The van der Waals surface area contributed by atoms with Gasteiger partial charge in [0.25, 0.3) is 0 Å². The average Bonchev–Trinajstić information content (AvgIpc) is 2.69. The van der Waals surface area contributed by atoms with Gasteiger partial charge >= 0.3 is 0 Å². The summed E-state index contributed by atoms with van der Waals surface area (Å²) in [6.07, 6.45) is 6.15. The topological polar surface area (TPSA) is 58.4 Å². The van der Waals surface area contributed by atoms with Gasteiger partial charge in [-0.25, -0.2) is 0 Å². The van der Waals surface area contributed by atoms with Crippen molar-refractivity contribution in [3.63, 3.8) is 0 Å². The van der Waals surface area contributed by atoms with Crippen molar-refractivity contribution >= 4 is 5.91 Å². The first kappa shape index (κ1) is 10.9. The Morgan fingerprint density at radius 3 is 2.73 bits per heavy atom. The van der Waals surface area contributed by atoms with E-state index in [1.165, 1.54) is 25.7 Å². The van der Waals surface area contributed by atoms with Crippen molar-refractivity contribution < 1.29 is 4.79 Å². The summed E-state index contributed by atoms with van der Waals surface area (Å²) in [5.74, 6) is 0.127. The quantitative estimate of drug-likeness (QED) is 0.680. The second-order valence-corrected chi connectivity index (χ2v) is 4.57. The van der Waals surface area contributed by atoms with E-state index in [1.807, 2.05) is 0 Å². The van der Waals surface area contributed by atoms with Crippen LogP contribution in [-0.2, 0) is 4.79 Å². The molecule has 1 amide bonds. The third-order valence-electron chi connectivity index (χ3n) is 3.61. The van der Waals surface area contributed by atoms with Gasteiger partial charge in [0.1, 0.15) is 6.04 Å². The molecule has 0 aromatic rings. The SMILES string of the molecule is NCC1C(=O)NCCCN1C1CCCC1. The molecule has 0 aromatic carbocycles. The van der Waals surface area contributed by atoms with Crippen molar-refractivity contribution in [2.24, 2.45) is 5.73 Å². The zero-order valence-electron chi connectivity index (χ0n) is 9.24. The van der Waals surface area contributed by atoms with Crippen molar-refractivity contribution in [3.8, 4) is 0 Å². The minimum Gasteiger partial charge on any atom is -0.355 e. The van der Waals surface area contributed by atoms with Gasteiger partial charge in [-0.15, -0.1) is 0 Å². The standard InChI is InChI=1S/C11H21N3O/c12-8-10-11(15)13-6-3-7-14(10)9-4-1-2-5-9/h9-10H,1-8,12H2,(H,13,15). The summed E-state index contributed by atoms with van der Waals surface area (Å²) in [4.78, 5) is 14.1. The monoisotopic (exact) mass is 211 g/mol. The Kier molecular flexibility index (Phi) is 3.59. The van der Waals surface area contributed by atoms with E-state index in [2.05, 4.69) is 10.2 Å². The molecular formula is C11H21N3O. The van der Waals surface area contributed by atoms with Crippen LogP contribution in [0.3, 0.4) is 0 Å². The van der Waals surface area contributed by atoms with Crippen LogP contribution in [0.4, 0.5) is 0 Å². The molecular weight excluding hydrogens is 190 g/mol. The highest BCUT2D eigenvalue weighted by atomic mass is 16.2. The fourth-order valence-corrected chi connectivity index (χ4v) is 2.81. The van der Waals surface area contributed by atoms with Crippen LogP contribution < -0.4 is 11.1 Å². The molecule has 4 nitrogen and oxygen atoms in total. The van der Waals surface area contributed by atoms with Gasteiger partial charge in [0.2, 0.25) is 5.91 Å². The summed E-state index contributed by atoms with van der Waals surface area (Å²) in [5.41, 5.74) is 5.72. The van der Waals surface area contributed by atoms with Gasteiger partial charge in [-0.3, -0.25) is 9.69 Å². The van der Waals surface area contributed by atoms with Gasteiger partial charge < -0.3 is 11.1 Å². The summed E-state index contributed by atoms with van der Waals surface area (Å²) in [5, 5.41) is 2.94. The zero-order valence-corrected chi connectivity index (χ0v) is 9.24. The Morgan fingerprint density at radius 2 is 2.07 bits per heavy atom. The maximum Gasteiger partial charge on any atom is 0.238 e. The highest BCUT2D eigenvalue weighted by molar-refractivity contribution is 5.82. The molecule has 1 aliphatic carbocycles. The summed E-state index contributed by atoms with van der Waals surface area (Å²) in [7, 11) is 0. The Morgan fingerprint density at radius 1 is 1.33 bits per heavy atom. The van der Waals surface area contributed by atoms with Gasteiger partial charge in [0.15, 0.2) is 0 Å². The third-order valence-corrected chi connectivity index (χ3v) is 3.61. The maximum atomic E-state index is 11.8. The summed E-state index contributed by atoms with van der Waals surface area (Å²) in [6, 6.07) is 0.512. The van der Waals surface area contributed by atoms with E-state index in [9.17, 15) is 4.79 Å². The lowest BCUT2D eigenvalue weighted by molar-refractivity contribution is -0.125. The van der Waals surface area contributed by atoms with E-state index < -0.39 is 0 Å². The Hall–Kier alpha value is -0.610. The number of rotatable bonds is 2. The van der Waals surface area contributed by atoms with Crippen LogP contribution in [-0.4, -0.2) is 42.5 Å². The maximum absolute atomic E-state index is 11.8. The molecule has 1 saturated heterocycles. The van der Waals surface area contributed by atoms with Gasteiger partial charge in [0.05, 0.1) is 0 Å². The number of hydrogen-bond acceptors (Lipinski definition) is 3. The minimum atomic E-state index is -0.0874. The molecule has 86 valence electrons. The van der Waals surface area contributed by atoms with Crippen molar-refractivity contribution in [2.75, 3.05) is 19.6 Å². The molecule has 1 saturated carbocycles. The van der Waals surface area contributed by atoms with E-state index in [-0.39, 0.29) is 11.9 Å². The van der Waals surface area contributed by atoms with Gasteiger partial charge in [-0.1, -0.05) is 12.8 Å². The number of nitrogens with two attached hydrogens (primary N) is 1. The number of nitrogens with one attached hydrogen (secondary N) is 1. The largest absolute Gasteiger partial charge is 0.355 e. The van der Waals surface area contributed by atoms with E-state index in [4.69, 9.17) is 5.73 Å². The smallest absolute Gasteiger partial charge is 0.238 e. The molecule has 2 aliphatic rings. The van der Waals surface area contributed by atoms with E-state index >= 15 is 0 Å². The highest BCUT2D eigenvalue weighted by Crippen LogP contribution is 2.25. The fraction of sp³-hybridized carbons (Fsp3) is 0.909. The zero-order chi connectivity index (χ0) is 10.7. The minimum absolute atomic E-state index is 0.0874. The number of nitrogens with zero attached hydrogens (tertiary/aromatic N) is 1. The molecule has 0 aromatic heterocycles. The van der Waals surface area contributed by atoms with Crippen LogP contribution in [0.25, 0.3) is 0 Å². The molecule has 0 bridgehead atoms. The van der Waals surface area contributed by atoms with E-state index in [0.717, 1.165) is 19.5 Å². The first-order valence-corrected chi connectivity index (χ1v) is 6.06. The Balaban J connectivity index is 2.07. The molecule has 1 aliphatic heterocycles. The lowest BCUT2D eigenvalue weighted by Crippen LogP contribution is -2.52. The van der Waals surface area contributed by atoms with Gasteiger partial charge in [-0.05, 0) is 19.3 Å². The summed E-state index contributed by atoms with van der Waals surface area (Å²) >= 11 is 0. The van der Waals surface area contributed by atoms with Crippen molar-refractivity contribution in [2.45, 2.75) is 44.2 Å². The first-order chi connectivity index (χ1) is 7.33. The van der Waals surface area contributed by atoms with Crippen LogP contribution in [0.2, 0.25) is 0 Å². The molecule has 1 atom stereocenters. The second kappa shape index (κ2) is 4.94. The molecule has 2 rings (SSSR count). The number of hydrogen-bond donors (Lipinski definition) is 2. The van der Waals surface area contributed by atoms with Crippen molar-refractivity contribution in [1.29, 1.82) is 0 Å². The molecule has 4 heteroatoms.